The highest BCUT2D eigenvalue weighted by Crippen LogP contribution is 2.38. The van der Waals surface area contributed by atoms with Crippen LogP contribution >= 0.6 is 0 Å². The zero-order chi connectivity index (χ0) is 17.3. The Morgan fingerprint density at radius 1 is 1.08 bits per heavy atom. The summed E-state index contributed by atoms with van der Waals surface area (Å²) in [6.07, 6.45) is 7.04. The molecule has 0 atom stereocenters. The first-order chi connectivity index (χ1) is 12.1. The van der Waals surface area contributed by atoms with Gasteiger partial charge in [-0.1, -0.05) is 0 Å². The summed E-state index contributed by atoms with van der Waals surface area (Å²) in [5, 5.41) is 3.19. The zero-order valence-corrected chi connectivity index (χ0v) is 15.2. The van der Waals surface area contributed by atoms with E-state index in [9.17, 15) is 8.42 Å². The third-order valence-electron chi connectivity index (χ3n) is 5.37. The van der Waals surface area contributed by atoms with Crippen molar-refractivity contribution in [2.75, 3.05) is 31.6 Å². The second-order valence-electron chi connectivity index (χ2n) is 7.25. The van der Waals surface area contributed by atoms with Gasteiger partial charge < -0.3 is 10.1 Å². The van der Waals surface area contributed by atoms with Crippen LogP contribution in [0, 0.1) is 0 Å². The van der Waals surface area contributed by atoms with Crippen molar-refractivity contribution in [3.05, 3.63) is 18.1 Å². The number of hydrogen-bond donors (Lipinski definition) is 1. The third kappa shape index (κ3) is 3.96. The van der Waals surface area contributed by atoms with Gasteiger partial charge in [-0.15, -0.1) is 0 Å². The molecule has 1 saturated carbocycles. The van der Waals surface area contributed by atoms with Crippen LogP contribution in [0.3, 0.4) is 0 Å². The van der Waals surface area contributed by atoms with Crippen LogP contribution in [-0.2, 0) is 14.8 Å². The second kappa shape index (κ2) is 7.17. The lowest BCUT2D eigenvalue weighted by Gasteiger charge is -2.35. The molecule has 2 aliphatic heterocycles. The van der Waals surface area contributed by atoms with Gasteiger partial charge in [-0.2, -0.15) is 0 Å². The van der Waals surface area contributed by atoms with E-state index < -0.39 is 10.0 Å². The summed E-state index contributed by atoms with van der Waals surface area (Å²) in [4.78, 5) is 8.94. The number of sulfonamides is 1. The first-order valence-electron chi connectivity index (χ1n) is 9.29. The molecule has 7 nitrogen and oxygen atoms in total. The summed E-state index contributed by atoms with van der Waals surface area (Å²) in [7, 11) is -3.19. The molecule has 138 valence electrons. The number of ether oxygens (including phenoxy) is 1. The van der Waals surface area contributed by atoms with Crippen LogP contribution in [0.2, 0.25) is 0 Å². The Morgan fingerprint density at radius 2 is 1.80 bits per heavy atom. The second-order valence-corrected chi connectivity index (χ2v) is 9.46. The largest absolute Gasteiger partial charge is 0.381 e. The zero-order valence-electron chi connectivity index (χ0n) is 14.4. The van der Waals surface area contributed by atoms with Crippen LogP contribution in [0.5, 0.6) is 0 Å². The van der Waals surface area contributed by atoms with Gasteiger partial charge in [-0.05, 0) is 44.6 Å². The minimum atomic E-state index is -3.19. The minimum Gasteiger partial charge on any atom is -0.381 e. The predicted octanol–water partition coefficient (Wildman–Crippen LogP) is 1.74. The lowest BCUT2D eigenvalue weighted by atomic mass is 10.1. The van der Waals surface area contributed by atoms with Crippen molar-refractivity contribution >= 4 is 15.8 Å². The smallest absolute Gasteiger partial charge is 0.217 e. The molecule has 1 aliphatic carbocycles. The molecule has 2 saturated heterocycles. The van der Waals surface area contributed by atoms with E-state index in [1.54, 1.807) is 4.31 Å². The van der Waals surface area contributed by atoms with Crippen LogP contribution < -0.4 is 5.32 Å². The molecule has 0 spiro atoms. The third-order valence-corrected chi connectivity index (χ3v) is 7.77. The Morgan fingerprint density at radius 3 is 2.48 bits per heavy atom. The van der Waals surface area contributed by atoms with Crippen molar-refractivity contribution in [2.24, 2.45) is 0 Å². The van der Waals surface area contributed by atoms with Gasteiger partial charge >= 0.3 is 0 Å². The first-order valence-corrected chi connectivity index (χ1v) is 10.8. The fraction of sp³-hybridized carbons (Fsp3) is 0.765. The molecule has 3 heterocycles. The van der Waals surface area contributed by atoms with Gasteiger partial charge in [0.25, 0.3) is 0 Å². The molecule has 0 unspecified atom stereocenters. The normalized spacial score (nSPS) is 24.3. The van der Waals surface area contributed by atoms with Crippen LogP contribution in [0.4, 0.5) is 5.82 Å². The Hall–Kier alpha value is -1.25. The van der Waals surface area contributed by atoms with Crippen molar-refractivity contribution < 1.29 is 13.2 Å². The number of piperidine rings is 1. The molecule has 4 rings (SSSR count). The maximum Gasteiger partial charge on any atom is 0.217 e. The van der Waals surface area contributed by atoms with E-state index in [2.05, 4.69) is 15.3 Å². The lowest BCUT2D eigenvalue weighted by molar-refractivity contribution is 0.0969. The standard InChI is InChI=1S/C17H26N4O3S/c22-25(23,15-6-11-24-12-7-15)21-9-4-14(5-10-21)19-16-3-8-18-17(20-16)13-1-2-13/h3,8,13-15H,1-2,4-7,9-12H2,(H,18,19,20). The van der Waals surface area contributed by atoms with Gasteiger partial charge in [0.05, 0.1) is 5.25 Å². The van der Waals surface area contributed by atoms with Crippen molar-refractivity contribution in [3.63, 3.8) is 0 Å². The van der Waals surface area contributed by atoms with Crippen LogP contribution in [-0.4, -0.2) is 60.3 Å². The molecule has 1 aromatic rings. The van der Waals surface area contributed by atoms with Gasteiger partial charge in [0, 0.05) is 44.5 Å². The Kier molecular flexibility index (Phi) is 4.92. The summed E-state index contributed by atoms with van der Waals surface area (Å²) in [6.45, 7) is 2.27. The van der Waals surface area contributed by atoms with E-state index in [0.717, 1.165) is 24.5 Å². The van der Waals surface area contributed by atoms with E-state index in [1.807, 2.05) is 12.3 Å². The van der Waals surface area contributed by atoms with E-state index in [-0.39, 0.29) is 11.3 Å². The van der Waals surface area contributed by atoms with Crippen molar-refractivity contribution in [2.45, 2.75) is 55.7 Å². The van der Waals surface area contributed by atoms with Crippen molar-refractivity contribution in [1.82, 2.24) is 14.3 Å². The number of aromatic nitrogens is 2. The van der Waals surface area contributed by atoms with Crippen LogP contribution in [0.25, 0.3) is 0 Å². The molecule has 1 aromatic heterocycles. The van der Waals surface area contributed by atoms with Crippen LogP contribution in [0.1, 0.15) is 50.3 Å². The number of anilines is 1. The number of nitrogens with zero attached hydrogens (tertiary/aromatic N) is 3. The Balaban J connectivity index is 1.32. The number of hydrogen-bond acceptors (Lipinski definition) is 6. The van der Waals surface area contributed by atoms with E-state index in [0.29, 0.717) is 45.1 Å². The Bertz CT molecular complexity index is 694. The minimum absolute atomic E-state index is 0.267. The molecule has 8 heteroatoms. The molecule has 25 heavy (non-hydrogen) atoms. The van der Waals surface area contributed by atoms with Gasteiger partial charge in [-0.3, -0.25) is 0 Å². The fourth-order valence-corrected chi connectivity index (χ4v) is 5.57. The highest BCUT2D eigenvalue weighted by Gasteiger charge is 2.35. The molecule has 0 aromatic carbocycles. The Labute approximate surface area is 149 Å². The highest BCUT2D eigenvalue weighted by atomic mass is 32.2. The quantitative estimate of drug-likeness (QED) is 0.854. The maximum atomic E-state index is 12.8. The van der Waals surface area contributed by atoms with Gasteiger partial charge in [0.2, 0.25) is 10.0 Å². The molecule has 3 aliphatic rings. The summed E-state index contributed by atoms with van der Waals surface area (Å²) in [6, 6.07) is 2.17. The van der Waals surface area contributed by atoms with E-state index in [4.69, 9.17) is 4.74 Å². The van der Waals surface area contributed by atoms with Crippen LogP contribution in [0.15, 0.2) is 12.3 Å². The molecular formula is C17H26N4O3S. The predicted molar refractivity (Wildman–Crippen MR) is 95.0 cm³/mol. The van der Waals surface area contributed by atoms with E-state index >= 15 is 0 Å². The molecule has 1 N–H and O–H groups in total. The topological polar surface area (TPSA) is 84.4 Å². The number of rotatable bonds is 5. The van der Waals surface area contributed by atoms with Gasteiger partial charge in [0.1, 0.15) is 11.6 Å². The van der Waals surface area contributed by atoms with Crippen molar-refractivity contribution in [1.29, 1.82) is 0 Å². The van der Waals surface area contributed by atoms with E-state index in [1.165, 1.54) is 12.8 Å². The fourth-order valence-electron chi connectivity index (χ4n) is 3.64. The molecule has 0 bridgehead atoms. The SMILES string of the molecule is O=S(=O)(C1CCOCC1)N1CCC(Nc2ccnc(C3CC3)n2)CC1. The molecule has 0 amide bonds. The number of nitrogens with one attached hydrogen (secondary N) is 1. The highest BCUT2D eigenvalue weighted by molar-refractivity contribution is 7.89. The summed E-state index contributed by atoms with van der Waals surface area (Å²) in [5.74, 6) is 2.33. The maximum absolute atomic E-state index is 12.8. The average molecular weight is 366 g/mol. The van der Waals surface area contributed by atoms with Crippen molar-refractivity contribution in [3.8, 4) is 0 Å². The van der Waals surface area contributed by atoms with Gasteiger partial charge in [0.15, 0.2) is 0 Å². The lowest BCUT2D eigenvalue weighted by Crippen LogP contribution is -2.47. The first kappa shape index (κ1) is 17.2. The molecular weight excluding hydrogens is 340 g/mol. The summed E-state index contributed by atoms with van der Waals surface area (Å²) in [5.41, 5.74) is 0. The van der Waals surface area contributed by atoms with Gasteiger partial charge in [-0.25, -0.2) is 22.7 Å². The monoisotopic (exact) mass is 366 g/mol. The average Bonchev–Trinajstić information content (AvgIpc) is 3.48. The summed E-state index contributed by atoms with van der Waals surface area (Å²) < 4.78 is 32.5. The molecule has 3 fully saturated rings. The summed E-state index contributed by atoms with van der Waals surface area (Å²) >= 11 is 0. The molecule has 0 radical (unpaired) electrons.